The number of aryl methyl sites for hydroxylation is 1. The lowest BCUT2D eigenvalue weighted by molar-refractivity contribution is 0.585. The lowest BCUT2D eigenvalue weighted by atomic mass is 10.0. The smallest absolute Gasteiger partial charge is 0.267 e. The van der Waals surface area contributed by atoms with Crippen molar-refractivity contribution in [2.45, 2.75) is 13.3 Å². The van der Waals surface area contributed by atoms with Crippen molar-refractivity contribution in [2.75, 3.05) is 0 Å². The molecule has 2 aromatic carbocycles. The van der Waals surface area contributed by atoms with E-state index in [9.17, 15) is 13.6 Å². The van der Waals surface area contributed by atoms with Crippen molar-refractivity contribution in [2.24, 2.45) is 0 Å². The van der Waals surface area contributed by atoms with Gasteiger partial charge in [0.25, 0.3) is 5.56 Å². The number of hydrogen-bond donors (Lipinski definition) is 0. The van der Waals surface area contributed by atoms with Crippen LogP contribution in [0.25, 0.3) is 28.0 Å². The molecule has 0 amide bonds. The van der Waals surface area contributed by atoms with E-state index in [1.54, 1.807) is 30.3 Å². The zero-order valence-corrected chi connectivity index (χ0v) is 15.4. The largest absolute Gasteiger partial charge is 0.275 e. The van der Waals surface area contributed by atoms with E-state index in [1.165, 1.54) is 18.2 Å². The van der Waals surface area contributed by atoms with Crippen LogP contribution in [0.2, 0.25) is 0 Å². The zero-order valence-electron chi connectivity index (χ0n) is 15.4. The molecule has 0 N–H and O–H groups in total. The number of nitrogens with zero attached hydrogens (tertiary/aromatic N) is 4. The molecule has 0 aliphatic heterocycles. The standard InChI is InChI=1S/C22H14F2N4O/c1-2-19-17(16-8-7-15(23)9-18(16)24)10-21-26-20(11-22(29)28(21)27-19)14-5-3-13(12-25)4-6-14/h3-11H,2H2,1H3. The van der Waals surface area contributed by atoms with Crippen LogP contribution in [0, 0.1) is 23.0 Å². The fourth-order valence-electron chi connectivity index (χ4n) is 3.14. The Hall–Kier alpha value is -3.92. The van der Waals surface area contributed by atoms with E-state index in [1.807, 2.05) is 13.0 Å². The molecule has 0 saturated carbocycles. The van der Waals surface area contributed by atoms with E-state index >= 15 is 0 Å². The lowest BCUT2D eigenvalue weighted by Gasteiger charge is -2.11. The van der Waals surface area contributed by atoms with Crippen molar-refractivity contribution in [3.8, 4) is 28.5 Å². The molecule has 0 spiro atoms. The molecule has 7 heteroatoms. The number of benzene rings is 2. The fraction of sp³-hybridized carbons (Fsp3) is 0.0909. The molecule has 0 saturated heterocycles. The summed E-state index contributed by atoms with van der Waals surface area (Å²) in [4.78, 5) is 17.1. The summed E-state index contributed by atoms with van der Waals surface area (Å²) in [6.07, 6.45) is 0.450. The average molecular weight is 388 g/mol. The molecule has 0 fully saturated rings. The van der Waals surface area contributed by atoms with E-state index < -0.39 is 11.6 Å². The maximum absolute atomic E-state index is 14.4. The average Bonchev–Trinajstić information content (AvgIpc) is 2.73. The molecule has 29 heavy (non-hydrogen) atoms. The van der Waals surface area contributed by atoms with Crippen LogP contribution in [0.5, 0.6) is 0 Å². The van der Waals surface area contributed by atoms with Crippen LogP contribution in [0.4, 0.5) is 8.78 Å². The second-order valence-electron chi connectivity index (χ2n) is 6.42. The lowest BCUT2D eigenvalue weighted by Crippen LogP contribution is -2.19. The number of halogens is 2. The fourth-order valence-corrected chi connectivity index (χ4v) is 3.14. The summed E-state index contributed by atoms with van der Waals surface area (Å²) < 4.78 is 28.8. The Labute approximate surface area is 164 Å². The molecule has 4 aromatic rings. The summed E-state index contributed by atoms with van der Waals surface area (Å²) in [5, 5.41) is 13.3. The van der Waals surface area contributed by atoms with Gasteiger partial charge in [-0.25, -0.2) is 13.8 Å². The van der Waals surface area contributed by atoms with Crippen LogP contribution >= 0.6 is 0 Å². The predicted octanol–water partition coefficient (Wildman–Crippen LogP) is 4.14. The molecule has 0 unspecified atom stereocenters. The van der Waals surface area contributed by atoms with Crippen LogP contribution < -0.4 is 5.56 Å². The number of nitriles is 1. The molecule has 0 atom stereocenters. The molecule has 0 radical (unpaired) electrons. The Bertz CT molecular complexity index is 1340. The highest BCUT2D eigenvalue weighted by molar-refractivity contribution is 5.71. The Balaban J connectivity index is 1.94. The van der Waals surface area contributed by atoms with Gasteiger partial charge in [0.1, 0.15) is 11.6 Å². The summed E-state index contributed by atoms with van der Waals surface area (Å²) in [6.45, 7) is 1.84. The first-order chi connectivity index (χ1) is 14.0. The van der Waals surface area contributed by atoms with Gasteiger partial charge in [0.15, 0.2) is 5.65 Å². The normalized spacial score (nSPS) is 10.8. The highest BCUT2D eigenvalue weighted by atomic mass is 19.1. The third-order valence-corrected chi connectivity index (χ3v) is 4.59. The van der Waals surface area contributed by atoms with Crippen LogP contribution in [-0.2, 0) is 6.42 Å². The van der Waals surface area contributed by atoms with Crippen molar-refractivity contribution in [1.29, 1.82) is 5.26 Å². The zero-order chi connectivity index (χ0) is 20.5. The van der Waals surface area contributed by atoms with Crippen LogP contribution in [0.3, 0.4) is 0 Å². The van der Waals surface area contributed by atoms with Gasteiger partial charge in [0.2, 0.25) is 0 Å². The minimum absolute atomic E-state index is 0.191. The van der Waals surface area contributed by atoms with Crippen molar-refractivity contribution in [1.82, 2.24) is 14.6 Å². The van der Waals surface area contributed by atoms with Crippen LogP contribution in [0.1, 0.15) is 18.2 Å². The molecule has 0 aliphatic rings. The van der Waals surface area contributed by atoms with Crippen molar-refractivity contribution < 1.29 is 8.78 Å². The minimum atomic E-state index is -0.712. The molecule has 0 aliphatic carbocycles. The SMILES string of the molecule is CCc1nn2c(=O)cc(-c3ccc(C#N)cc3)nc2cc1-c1ccc(F)cc1F. The van der Waals surface area contributed by atoms with E-state index in [-0.39, 0.29) is 16.8 Å². The summed E-state index contributed by atoms with van der Waals surface area (Å²) >= 11 is 0. The molecule has 2 aromatic heterocycles. The third-order valence-electron chi connectivity index (χ3n) is 4.59. The molecular weight excluding hydrogens is 374 g/mol. The molecule has 142 valence electrons. The van der Waals surface area contributed by atoms with Gasteiger partial charge >= 0.3 is 0 Å². The van der Waals surface area contributed by atoms with Crippen molar-refractivity contribution >= 4 is 5.65 Å². The second kappa shape index (κ2) is 7.24. The van der Waals surface area contributed by atoms with Crippen molar-refractivity contribution in [3.63, 3.8) is 0 Å². The van der Waals surface area contributed by atoms with Gasteiger partial charge in [0, 0.05) is 28.8 Å². The predicted molar refractivity (Wildman–Crippen MR) is 104 cm³/mol. The number of aromatic nitrogens is 3. The monoisotopic (exact) mass is 388 g/mol. The molecule has 4 rings (SSSR count). The van der Waals surface area contributed by atoms with E-state index in [4.69, 9.17) is 5.26 Å². The first-order valence-corrected chi connectivity index (χ1v) is 8.90. The van der Waals surface area contributed by atoms with Gasteiger partial charge in [-0.2, -0.15) is 14.9 Å². The van der Waals surface area contributed by atoms with Crippen molar-refractivity contribution in [3.05, 3.63) is 87.8 Å². The maximum Gasteiger partial charge on any atom is 0.275 e. The van der Waals surface area contributed by atoms with Crippen LogP contribution in [0.15, 0.2) is 59.4 Å². The number of fused-ring (bicyclic) bond motifs is 1. The Morgan fingerprint density at radius 2 is 1.79 bits per heavy atom. The van der Waals surface area contributed by atoms with Gasteiger partial charge in [-0.3, -0.25) is 4.79 Å². The van der Waals surface area contributed by atoms with Gasteiger partial charge in [-0.05, 0) is 36.8 Å². The minimum Gasteiger partial charge on any atom is -0.267 e. The summed E-state index contributed by atoms with van der Waals surface area (Å²) in [5.41, 5.74) is 2.58. The third kappa shape index (κ3) is 3.36. The van der Waals surface area contributed by atoms with Gasteiger partial charge in [-0.1, -0.05) is 19.1 Å². The van der Waals surface area contributed by atoms with E-state index in [0.29, 0.717) is 34.5 Å². The molecule has 0 bridgehead atoms. The first-order valence-electron chi connectivity index (χ1n) is 8.90. The molecule has 5 nitrogen and oxygen atoms in total. The first kappa shape index (κ1) is 18.4. The number of rotatable bonds is 3. The molecule has 2 heterocycles. The Kier molecular flexibility index (Phi) is 4.61. The highest BCUT2D eigenvalue weighted by Gasteiger charge is 2.15. The van der Waals surface area contributed by atoms with Gasteiger partial charge in [0.05, 0.1) is 23.0 Å². The van der Waals surface area contributed by atoms with Gasteiger partial charge < -0.3 is 0 Å². The summed E-state index contributed by atoms with van der Waals surface area (Å²) in [6, 6.07) is 15.0. The second-order valence-corrected chi connectivity index (χ2v) is 6.42. The number of hydrogen-bond acceptors (Lipinski definition) is 4. The van der Waals surface area contributed by atoms with Gasteiger partial charge in [-0.15, -0.1) is 0 Å². The topological polar surface area (TPSA) is 71.1 Å². The quantitative estimate of drug-likeness (QED) is 0.529. The Morgan fingerprint density at radius 1 is 1.03 bits per heavy atom. The Morgan fingerprint density at radius 3 is 2.45 bits per heavy atom. The maximum atomic E-state index is 14.4. The summed E-state index contributed by atoms with van der Waals surface area (Å²) in [7, 11) is 0. The van der Waals surface area contributed by atoms with E-state index in [2.05, 4.69) is 10.1 Å². The van der Waals surface area contributed by atoms with Crippen LogP contribution in [-0.4, -0.2) is 14.6 Å². The highest BCUT2D eigenvalue weighted by Crippen LogP contribution is 2.27. The summed E-state index contributed by atoms with van der Waals surface area (Å²) in [5.74, 6) is -1.38. The molecular formula is C22H14F2N4O. The van der Waals surface area contributed by atoms with E-state index in [0.717, 1.165) is 10.6 Å².